The zero-order valence-corrected chi connectivity index (χ0v) is 13.9. The second kappa shape index (κ2) is 6.17. The number of thioether (sulfide) groups is 1. The van der Waals surface area contributed by atoms with Crippen molar-refractivity contribution in [1.82, 2.24) is 9.97 Å². The number of fused-ring (bicyclic) bond motifs is 1. The number of halogens is 1. The van der Waals surface area contributed by atoms with E-state index >= 15 is 0 Å². The summed E-state index contributed by atoms with van der Waals surface area (Å²) >= 11 is 4.03. The fourth-order valence-corrected chi connectivity index (χ4v) is 3.41. The number of aromatic nitrogens is 2. The quantitative estimate of drug-likeness (QED) is 0.797. The van der Waals surface area contributed by atoms with Gasteiger partial charge in [-0.25, -0.2) is 9.97 Å². The first kappa shape index (κ1) is 13.9. The minimum Gasteiger partial charge on any atom is -0.480 e. The number of nitrogens with one attached hydrogen (secondary N) is 1. The molecule has 3 rings (SSSR count). The molecule has 1 N–H and O–H groups in total. The van der Waals surface area contributed by atoms with Gasteiger partial charge in [-0.1, -0.05) is 12.1 Å². The predicted octanol–water partition coefficient (Wildman–Crippen LogP) is 3.74. The van der Waals surface area contributed by atoms with E-state index in [0.717, 1.165) is 33.3 Å². The van der Waals surface area contributed by atoms with Gasteiger partial charge in [-0.05, 0) is 41.6 Å². The molecule has 20 heavy (non-hydrogen) atoms. The Balaban J connectivity index is 1.86. The standard InChI is InChI=1S/C14H14IN3OS/c1-2-16-13-9(15)7-17-14(18-13)11-8-20-12-6-4-3-5-10(12)19-11/h3-7,11H,2,8H2,1H3,(H,16,17,18). The summed E-state index contributed by atoms with van der Waals surface area (Å²) in [6.07, 6.45) is 1.75. The normalized spacial score (nSPS) is 17.2. The lowest BCUT2D eigenvalue weighted by atomic mass is 10.3. The van der Waals surface area contributed by atoms with E-state index in [0.29, 0.717) is 0 Å². The van der Waals surface area contributed by atoms with Gasteiger partial charge in [-0.2, -0.15) is 0 Å². The molecule has 104 valence electrons. The molecule has 1 aliphatic rings. The number of benzene rings is 1. The number of ether oxygens (including phenoxy) is 1. The van der Waals surface area contributed by atoms with E-state index in [1.807, 2.05) is 24.4 Å². The van der Waals surface area contributed by atoms with Crippen LogP contribution in [-0.4, -0.2) is 22.3 Å². The fraction of sp³-hybridized carbons (Fsp3) is 0.286. The van der Waals surface area contributed by atoms with Crippen LogP contribution in [0.1, 0.15) is 18.9 Å². The third kappa shape index (κ3) is 2.85. The van der Waals surface area contributed by atoms with Gasteiger partial charge in [-0.15, -0.1) is 11.8 Å². The van der Waals surface area contributed by atoms with E-state index < -0.39 is 0 Å². The maximum Gasteiger partial charge on any atom is 0.172 e. The molecule has 0 spiro atoms. The zero-order chi connectivity index (χ0) is 13.9. The third-order valence-corrected chi connectivity index (χ3v) is 4.81. The highest BCUT2D eigenvalue weighted by atomic mass is 127. The highest BCUT2D eigenvalue weighted by Crippen LogP contribution is 2.39. The molecule has 1 aromatic heterocycles. The summed E-state index contributed by atoms with van der Waals surface area (Å²) in [6, 6.07) is 8.09. The molecule has 0 bridgehead atoms. The Morgan fingerprint density at radius 1 is 1.45 bits per heavy atom. The molecular formula is C14H14IN3OS. The first-order valence-corrected chi connectivity index (χ1v) is 8.49. The van der Waals surface area contributed by atoms with Crippen molar-refractivity contribution in [3.8, 4) is 5.75 Å². The average Bonchev–Trinajstić information content (AvgIpc) is 2.49. The largest absolute Gasteiger partial charge is 0.480 e. The predicted molar refractivity (Wildman–Crippen MR) is 89.4 cm³/mol. The number of anilines is 1. The van der Waals surface area contributed by atoms with E-state index in [1.54, 1.807) is 11.8 Å². The van der Waals surface area contributed by atoms with E-state index in [9.17, 15) is 0 Å². The number of hydrogen-bond donors (Lipinski definition) is 1. The lowest BCUT2D eigenvalue weighted by Crippen LogP contribution is -2.18. The Kier molecular flexibility index (Phi) is 4.30. The van der Waals surface area contributed by atoms with Gasteiger partial charge < -0.3 is 10.1 Å². The maximum absolute atomic E-state index is 6.01. The van der Waals surface area contributed by atoms with Crippen LogP contribution in [0.25, 0.3) is 0 Å². The molecule has 1 aliphatic heterocycles. The minimum absolute atomic E-state index is 0.0932. The van der Waals surface area contributed by atoms with Crippen molar-refractivity contribution in [2.24, 2.45) is 0 Å². The Labute approximate surface area is 135 Å². The zero-order valence-electron chi connectivity index (χ0n) is 11.0. The van der Waals surface area contributed by atoms with Crippen LogP contribution in [0.15, 0.2) is 35.4 Å². The number of nitrogens with zero attached hydrogens (tertiary/aromatic N) is 2. The van der Waals surface area contributed by atoms with Crippen LogP contribution >= 0.6 is 34.4 Å². The summed E-state index contributed by atoms with van der Waals surface area (Å²) in [7, 11) is 0. The number of para-hydroxylation sites is 1. The Morgan fingerprint density at radius 2 is 2.30 bits per heavy atom. The van der Waals surface area contributed by atoms with Crippen LogP contribution in [0, 0.1) is 3.57 Å². The molecule has 1 atom stereocenters. The summed E-state index contributed by atoms with van der Waals surface area (Å²) in [5.74, 6) is 3.37. The smallest absolute Gasteiger partial charge is 0.172 e. The van der Waals surface area contributed by atoms with Crippen molar-refractivity contribution >= 4 is 40.2 Å². The lowest BCUT2D eigenvalue weighted by Gasteiger charge is -2.24. The van der Waals surface area contributed by atoms with Crippen molar-refractivity contribution in [3.05, 3.63) is 39.9 Å². The van der Waals surface area contributed by atoms with Gasteiger partial charge in [-0.3, -0.25) is 0 Å². The Hall–Kier alpha value is -1.02. The van der Waals surface area contributed by atoms with E-state index in [2.05, 4.69) is 50.9 Å². The van der Waals surface area contributed by atoms with Crippen molar-refractivity contribution in [2.75, 3.05) is 17.6 Å². The lowest BCUT2D eigenvalue weighted by molar-refractivity contribution is 0.210. The van der Waals surface area contributed by atoms with E-state index in [-0.39, 0.29) is 6.10 Å². The summed E-state index contributed by atoms with van der Waals surface area (Å²) < 4.78 is 7.04. The van der Waals surface area contributed by atoms with Gasteiger partial charge in [0.1, 0.15) is 11.6 Å². The van der Waals surface area contributed by atoms with Gasteiger partial charge in [0.2, 0.25) is 0 Å². The van der Waals surface area contributed by atoms with Gasteiger partial charge in [0.05, 0.1) is 3.57 Å². The monoisotopic (exact) mass is 399 g/mol. The average molecular weight is 399 g/mol. The van der Waals surface area contributed by atoms with Crippen LogP contribution in [0.4, 0.5) is 5.82 Å². The van der Waals surface area contributed by atoms with E-state index in [1.165, 1.54) is 4.90 Å². The molecule has 2 heterocycles. The molecule has 1 unspecified atom stereocenters. The van der Waals surface area contributed by atoms with Gasteiger partial charge in [0.15, 0.2) is 11.9 Å². The van der Waals surface area contributed by atoms with Gasteiger partial charge >= 0.3 is 0 Å². The molecule has 0 radical (unpaired) electrons. The number of rotatable bonds is 3. The van der Waals surface area contributed by atoms with Crippen molar-refractivity contribution in [2.45, 2.75) is 17.9 Å². The maximum atomic E-state index is 6.01. The molecule has 2 aromatic rings. The number of hydrogen-bond acceptors (Lipinski definition) is 5. The molecule has 0 saturated heterocycles. The van der Waals surface area contributed by atoms with Crippen LogP contribution in [0.5, 0.6) is 5.75 Å². The van der Waals surface area contributed by atoms with E-state index in [4.69, 9.17) is 4.74 Å². The fourth-order valence-electron chi connectivity index (χ4n) is 1.97. The summed E-state index contributed by atoms with van der Waals surface area (Å²) in [6.45, 7) is 2.90. The molecule has 0 saturated carbocycles. The van der Waals surface area contributed by atoms with Crippen LogP contribution in [0.2, 0.25) is 0 Å². The highest BCUT2D eigenvalue weighted by molar-refractivity contribution is 14.1. The highest BCUT2D eigenvalue weighted by Gasteiger charge is 2.24. The third-order valence-electron chi connectivity index (χ3n) is 2.90. The van der Waals surface area contributed by atoms with Crippen LogP contribution < -0.4 is 10.1 Å². The SMILES string of the molecule is CCNc1nc(C2CSc3ccccc3O2)ncc1I. The second-order valence-corrected chi connectivity index (χ2v) is 6.54. The molecule has 6 heteroatoms. The summed E-state index contributed by atoms with van der Waals surface area (Å²) in [5.41, 5.74) is 0. The molecular weight excluding hydrogens is 385 g/mol. The molecule has 4 nitrogen and oxygen atoms in total. The van der Waals surface area contributed by atoms with Crippen molar-refractivity contribution in [3.63, 3.8) is 0 Å². The van der Waals surface area contributed by atoms with Crippen LogP contribution in [-0.2, 0) is 0 Å². The molecule has 0 fully saturated rings. The topological polar surface area (TPSA) is 47.0 Å². The summed E-state index contributed by atoms with van der Waals surface area (Å²) in [5, 5.41) is 3.25. The van der Waals surface area contributed by atoms with Crippen molar-refractivity contribution in [1.29, 1.82) is 0 Å². The van der Waals surface area contributed by atoms with Gasteiger partial charge in [0, 0.05) is 23.4 Å². The first-order chi connectivity index (χ1) is 9.78. The van der Waals surface area contributed by atoms with Crippen molar-refractivity contribution < 1.29 is 4.74 Å². The second-order valence-electron chi connectivity index (χ2n) is 4.32. The van der Waals surface area contributed by atoms with Crippen LogP contribution in [0.3, 0.4) is 0 Å². The molecule has 1 aromatic carbocycles. The minimum atomic E-state index is -0.0932. The molecule has 0 aliphatic carbocycles. The summed E-state index contributed by atoms with van der Waals surface area (Å²) in [4.78, 5) is 10.2. The van der Waals surface area contributed by atoms with Gasteiger partial charge in [0.25, 0.3) is 0 Å². The Morgan fingerprint density at radius 3 is 3.15 bits per heavy atom. The first-order valence-electron chi connectivity index (χ1n) is 6.42. The Bertz CT molecular complexity index is 623. The molecule has 0 amide bonds.